The van der Waals surface area contributed by atoms with E-state index in [9.17, 15) is 0 Å². The molecule has 0 unspecified atom stereocenters. The van der Waals surface area contributed by atoms with E-state index in [0.717, 1.165) is 10.2 Å². The van der Waals surface area contributed by atoms with Crippen LogP contribution in [0.1, 0.15) is 0 Å². The Morgan fingerprint density at radius 3 is 3.07 bits per heavy atom. The molecule has 0 fully saturated rings. The standard InChI is InChI=1S/C10H9BrO2S/c1-12-6-13-9-5-10-7(2-3-14-10)4-8(9)11/h2-5H,6H2,1H3. The quantitative estimate of drug-likeness (QED) is 0.795. The Hall–Kier alpha value is -0.580. The van der Waals surface area contributed by atoms with Crippen molar-refractivity contribution in [1.29, 1.82) is 0 Å². The number of thiophene rings is 1. The minimum atomic E-state index is 0.273. The van der Waals surface area contributed by atoms with Crippen molar-refractivity contribution >= 4 is 37.4 Å². The van der Waals surface area contributed by atoms with Gasteiger partial charge in [-0.15, -0.1) is 11.3 Å². The molecular weight excluding hydrogens is 264 g/mol. The summed E-state index contributed by atoms with van der Waals surface area (Å²) < 4.78 is 12.4. The highest BCUT2D eigenvalue weighted by Crippen LogP contribution is 2.32. The molecule has 1 aromatic carbocycles. The summed E-state index contributed by atoms with van der Waals surface area (Å²) in [6, 6.07) is 6.16. The Bertz CT molecular complexity index is 439. The zero-order valence-electron chi connectivity index (χ0n) is 7.62. The van der Waals surface area contributed by atoms with Gasteiger partial charge in [-0.3, -0.25) is 0 Å². The molecule has 1 heterocycles. The van der Waals surface area contributed by atoms with E-state index in [4.69, 9.17) is 9.47 Å². The average Bonchev–Trinajstić information content (AvgIpc) is 2.61. The van der Waals surface area contributed by atoms with Crippen LogP contribution in [0.2, 0.25) is 0 Å². The van der Waals surface area contributed by atoms with Crippen molar-refractivity contribution in [3.8, 4) is 5.75 Å². The summed E-state index contributed by atoms with van der Waals surface area (Å²) in [5, 5.41) is 3.30. The number of rotatable bonds is 3. The second-order valence-electron chi connectivity index (χ2n) is 2.79. The molecule has 0 aliphatic rings. The van der Waals surface area contributed by atoms with Gasteiger partial charge in [0.05, 0.1) is 4.47 Å². The van der Waals surface area contributed by atoms with Crippen LogP contribution in [-0.2, 0) is 4.74 Å². The summed E-state index contributed by atoms with van der Waals surface area (Å²) in [7, 11) is 1.61. The van der Waals surface area contributed by atoms with E-state index >= 15 is 0 Å². The zero-order chi connectivity index (χ0) is 9.97. The molecule has 0 saturated carbocycles. The average molecular weight is 273 g/mol. The van der Waals surface area contributed by atoms with Gasteiger partial charge in [-0.05, 0) is 44.9 Å². The molecule has 14 heavy (non-hydrogen) atoms. The second kappa shape index (κ2) is 4.29. The molecule has 0 amide bonds. The summed E-state index contributed by atoms with van der Waals surface area (Å²) in [4.78, 5) is 0. The molecule has 2 aromatic rings. The van der Waals surface area contributed by atoms with Gasteiger partial charge in [0.15, 0.2) is 6.79 Å². The first-order valence-corrected chi connectivity index (χ1v) is 5.77. The van der Waals surface area contributed by atoms with Crippen molar-refractivity contribution < 1.29 is 9.47 Å². The summed E-state index contributed by atoms with van der Waals surface area (Å²) in [6.45, 7) is 0.273. The molecule has 2 rings (SSSR count). The van der Waals surface area contributed by atoms with Gasteiger partial charge >= 0.3 is 0 Å². The molecule has 0 bridgehead atoms. The van der Waals surface area contributed by atoms with Crippen LogP contribution < -0.4 is 4.74 Å². The molecule has 74 valence electrons. The maximum Gasteiger partial charge on any atom is 0.188 e. The van der Waals surface area contributed by atoms with E-state index in [1.54, 1.807) is 18.4 Å². The fraction of sp³-hybridized carbons (Fsp3) is 0.200. The number of hydrogen-bond donors (Lipinski definition) is 0. The first kappa shape index (κ1) is 9.96. The molecule has 0 aliphatic heterocycles. The Balaban J connectivity index is 2.38. The summed E-state index contributed by atoms with van der Waals surface area (Å²) in [5.41, 5.74) is 0. The lowest BCUT2D eigenvalue weighted by Crippen LogP contribution is -1.98. The van der Waals surface area contributed by atoms with E-state index in [1.807, 2.05) is 6.07 Å². The lowest BCUT2D eigenvalue weighted by atomic mass is 10.2. The first-order chi connectivity index (χ1) is 6.81. The van der Waals surface area contributed by atoms with E-state index in [1.165, 1.54) is 10.1 Å². The van der Waals surface area contributed by atoms with Crippen molar-refractivity contribution in [3.05, 3.63) is 28.1 Å². The largest absolute Gasteiger partial charge is 0.466 e. The number of fused-ring (bicyclic) bond motifs is 1. The maximum absolute atomic E-state index is 5.40. The van der Waals surface area contributed by atoms with Gasteiger partial charge < -0.3 is 9.47 Å². The van der Waals surface area contributed by atoms with Crippen LogP contribution in [0.4, 0.5) is 0 Å². The van der Waals surface area contributed by atoms with Gasteiger partial charge in [-0.25, -0.2) is 0 Å². The van der Waals surface area contributed by atoms with Gasteiger partial charge in [0.25, 0.3) is 0 Å². The summed E-state index contributed by atoms with van der Waals surface area (Å²) in [6.07, 6.45) is 0. The minimum absolute atomic E-state index is 0.273. The lowest BCUT2D eigenvalue weighted by molar-refractivity contribution is 0.0507. The van der Waals surface area contributed by atoms with E-state index < -0.39 is 0 Å². The molecule has 4 heteroatoms. The Labute approximate surface area is 94.6 Å². The predicted molar refractivity (Wildman–Crippen MR) is 62.0 cm³/mol. The molecule has 2 nitrogen and oxygen atoms in total. The molecule has 1 aromatic heterocycles. The minimum Gasteiger partial charge on any atom is -0.466 e. The van der Waals surface area contributed by atoms with E-state index in [2.05, 4.69) is 33.4 Å². The van der Waals surface area contributed by atoms with Crippen LogP contribution in [0, 0.1) is 0 Å². The zero-order valence-corrected chi connectivity index (χ0v) is 10.0. The smallest absolute Gasteiger partial charge is 0.188 e. The van der Waals surface area contributed by atoms with Crippen molar-refractivity contribution in [2.24, 2.45) is 0 Å². The van der Waals surface area contributed by atoms with Gasteiger partial charge in [0.1, 0.15) is 5.75 Å². The number of ether oxygens (including phenoxy) is 2. The number of halogens is 1. The third kappa shape index (κ3) is 1.92. The molecule has 0 aliphatic carbocycles. The highest BCUT2D eigenvalue weighted by atomic mass is 79.9. The Morgan fingerprint density at radius 1 is 1.43 bits per heavy atom. The van der Waals surface area contributed by atoms with E-state index in [0.29, 0.717) is 0 Å². The Kier molecular flexibility index (Phi) is 3.05. The van der Waals surface area contributed by atoms with E-state index in [-0.39, 0.29) is 6.79 Å². The van der Waals surface area contributed by atoms with Crippen molar-refractivity contribution in [1.82, 2.24) is 0 Å². The topological polar surface area (TPSA) is 18.5 Å². The normalized spacial score (nSPS) is 10.7. The molecule has 0 radical (unpaired) electrons. The molecule has 0 saturated heterocycles. The Morgan fingerprint density at radius 2 is 2.29 bits per heavy atom. The van der Waals surface area contributed by atoms with Crippen molar-refractivity contribution in [2.45, 2.75) is 0 Å². The third-order valence-corrected chi connectivity index (χ3v) is 3.34. The first-order valence-electron chi connectivity index (χ1n) is 4.10. The van der Waals surface area contributed by atoms with Crippen LogP contribution in [0.15, 0.2) is 28.1 Å². The van der Waals surface area contributed by atoms with Crippen LogP contribution in [0.25, 0.3) is 10.1 Å². The fourth-order valence-corrected chi connectivity index (χ4v) is 2.47. The van der Waals surface area contributed by atoms with Gasteiger partial charge in [-0.1, -0.05) is 0 Å². The molecule has 0 spiro atoms. The number of benzene rings is 1. The molecule has 0 N–H and O–H groups in total. The van der Waals surface area contributed by atoms with Gasteiger partial charge in [0.2, 0.25) is 0 Å². The number of hydrogen-bond acceptors (Lipinski definition) is 3. The predicted octanol–water partition coefficient (Wildman–Crippen LogP) is 3.65. The SMILES string of the molecule is COCOc1cc2sccc2cc1Br. The summed E-state index contributed by atoms with van der Waals surface area (Å²) in [5.74, 6) is 0.821. The van der Waals surface area contributed by atoms with Gasteiger partial charge in [0, 0.05) is 11.8 Å². The third-order valence-electron chi connectivity index (χ3n) is 1.84. The van der Waals surface area contributed by atoms with Gasteiger partial charge in [-0.2, -0.15) is 0 Å². The molecule has 0 atom stereocenters. The number of methoxy groups -OCH3 is 1. The van der Waals surface area contributed by atoms with Crippen molar-refractivity contribution in [2.75, 3.05) is 13.9 Å². The fourth-order valence-electron chi connectivity index (χ4n) is 1.20. The molecular formula is C10H9BrO2S. The highest BCUT2D eigenvalue weighted by Gasteiger charge is 2.04. The highest BCUT2D eigenvalue weighted by molar-refractivity contribution is 9.10. The summed E-state index contributed by atoms with van der Waals surface area (Å²) >= 11 is 5.16. The van der Waals surface area contributed by atoms with Crippen LogP contribution in [0.5, 0.6) is 5.75 Å². The van der Waals surface area contributed by atoms with Crippen LogP contribution in [0.3, 0.4) is 0 Å². The van der Waals surface area contributed by atoms with Crippen molar-refractivity contribution in [3.63, 3.8) is 0 Å². The second-order valence-corrected chi connectivity index (χ2v) is 4.59. The maximum atomic E-state index is 5.40. The monoisotopic (exact) mass is 272 g/mol. The van der Waals surface area contributed by atoms with Crippen LogP contribution in [-0.4, -0.2) is 13.9 Å². The van der Waals surface area contributed by atoms with Crippen LogP contribution >= 0.6 is 27.3 Å². The lowest BCUT2D eigenvalue weighted by Gasteiger charge is -2.06.